The minimum Gasteiger partial charge on any atom is -0.663 e. The van der Waals surface area contributed by atoms with Crippen molar-refractivity contribution in [2.24, 2.45) is 0 Å². The summed E-state index contributed by atoms with van der Waals surface area (Å²) in [6, 6.07) is 9.70. The first-order valence-electron chi connectivity index (χ1n) is 6.23. The van der Waals surface area contributed by atoms with Crippen LogP contribution in [-0.2, 0) is 0 Å². The van der Waals surface area contributed by atoms with E-state index in [0.29, 0.717) is 11.3 Å². The van der Waals surface area contributed by atoms with E-state index < -0.39 is 0 Å². The molecule has 0 saturated carbocycles. The van der Waals surface area contributed by atoms with Gasteiger partial charge in [0.1, 0.15) is 5.69 Å². The second kappa shape index (κ2) is 5.42. The van der Waals surface area contributed by atoms with E-state index >= 15 is 0 Å². The predicted octanol–water partition coefficient (Wildman–Crippen LogP) is -0.178. The fourth-order valence-corrected chi connectivity index (χ4v) is 3.03. The van der Waals surface area contributed by atoms with Crippen LogP contribution in [0.25, 0.3) is 27.8 Å². The van der Waals surface area contributed by atoms with Crippen molar-refractivity contribution in [2.45, 2.75) is 6.92 Å². The van der Waals surface area contributed by atoms with Crippen LogP contribution < -0.4 is 40.1 Å². The zero-order valence-electron chi connectivity index (χ0n) is 11.7. The summed E-state index contributed by atoms with van der Waals surface area (Å²) in [5.41, 5.74) is 2.83. The molecule has 2 aliphatic heterocycles. The molecule has 0 spiro atoms. The van der Waals surface area contributed by atoms with E-state index in [4.69, 9.17) is 0 Å². The van der Waals surface area contributed by atoms with Crippen molar-refractivity contribution in [3.8, 4) is 16.9 Å². The minimum atomic E-state index is -0.115. The van der Waals surface area contributed by atoms with Gasteiger partial charge in [0.15, 0.2) is 0 Å². The fourth-order valence-electron chi connectivity index (χ4n) is 2.37. The zero-order chi connectivity index (χ0) is 13.7. The van der Waals surface area contributed by atoms with Crippen molar-refractivity contribution < 1.29 is 29.6 Å². The van der Waals surface area contributed by atoms with E-state index in [9.17, 15) is 4.79 Å². The largest absolute Gasteiger partial charge is 1.00 e. The SMILES string of the molecule is Cc1cc(-n2nc3c4ccccc4[n-]cc-3c2=O)cs1.[Na+]. The molecule has 21 heavy (non-hydrogen) atoms. The molecule has 98 valence electrons. The first-order valence-corrected chi connectivity index (χ1v) is 7.11. The van der Waals surface area contributed by atoms with Crippen LogP contribution in [0, 0.1) is 6.92 Å². The molecule has 4 rings (SSSR count). The topological polar surface area (TPSA) is 49.0 Å². The molecule has 4 nitrogen and oxygen atoms in total. The number of fused-ring (bicyclic) bond motifs is 3. The maximum Gasteiger partial charge on any atom is 1.00 e. The summed E-state index contributed by atoms with van der Waals surface area (Å²) in [7, 11) is 0. The van der Waals surface area contributed by atoms with Gasteiger partial charge in [-0.3, -0.25) is 4.79 Å². The molecule has 0 aliphatic carbocycles. The molecule has 1 aromatic heterocycles. The molecular formula is C15H10N3NaOS. The van der Waals surface area contributed by atoms with Crippen LogP contribution in [0.3, 0.4) is 0 Å². The van der Waals surface area contributed by atoms with Crippen LogP contribution in [0.1, 0.15) is 4.88 Å². The van der Waals surface area contributed by atoms with Gasteiger partial charge in [-0.2, -0.15) is 16.0 Å². The zero-order valence-corrected chi connectivity index (χ0v) is 14.5. The van der Waals surface area contributed by atoms with Crippen molar-refractivity contribution in [3.63, 3.8) is 0 Å². The van der Waals surface area contributed by atoms with Gasteiger partial charge < -0.3 is 4.98 Å². The van der Waals surface area contributed by atoms with Crippen molar-refractivity contribution in [1.82, 2.24) is 14.8 Å². The van der Waals surface area contributed by atoms with E-state index in [0.717, 1.165) is 21.5 Å². The smallest absolute Gasteiger partial charge is 0.663 e. The third-order valence-electron chi connectivity index (χ3n) is 3.33. The molecule has 0 bridgehead atoms. The molecule has 0 unspecified atom stereocenters. The van der Waals surface area contributed by atoms with Crippen LogP contribution in [0.15, 0.2) is 46.7 Å². The third-order valence-corrected chi connectivity index (χ3v) is 4.18. The number of benzene rings is 1. The van der Waals surface area contributed by atoms with E-state index in [-0.39, 0.29) is 35.1 Å². The molecule has 1 aromatic carbocycles. The summed E-state index contributed by atoms with van der Waals surface area (Å²) in [4.78, 5) is 17.9. The monoisotopic (exact) mass is 303 g/mol. The molecule has 6 heteroatoms. The van der Waals surface area contributed by atoms with Crippen molar-refractivity contribution >= 4 is 22.2 Å². The van der Waals surface area contributed by atoms with E-state index in [1.165, 1.54) is 4.68 Å². The van der Waals surface area contributed by atoms with Gasteiger partial charge >= 0.3 is 29.6 Å². The average Bonchev–Trinajstić information content (AvgIpc) is 3.03. The van der Waals surface area contributed by atoms with Crippen LogP contribution in [0.4, 0.5) is 0 Å². The standard InChI is InChI=1S/C15H11N3OS.Na/c1-9-6-10(8-20-9)18-15(19)12-7-16-13-5-3-2-4-11(13)14(12)17-18;/h2-8H,1H3,(H,16,17,19);/q;+1/p-1. The Labute approximate surface area is 147 Å². The average molecular weight is 303 g/mol. The molecule has 2 aliphatic rings. The van der Waals surface area contributed by atoms with Gasteiger partial charge in [0.2, 0.25) is 0 Å². The summed E-state index contributed by atoms with van der Waals surface area (Å²) >= 11 is 1.61. The Morgan fingerprint density at radius 1 is 1.29 bits per heavy atom. The number of hydrogen-bond acceptors (Lipinski definition) is 3. The predicted molar refractivity (Wildman–Crippen MR) is 79.9 cm³/mol. The van der Waals surface area contributed by atoms with Crippen molar-refractivity contribution in [2.75, 3.05) is 0 Å². The summed E-state index contributed by atoms with van der Waals surface area (Å²) in [6.07, 6.45) is 1.61. The minimum absolute atomic E-state index is 0. The molecule has 0 radical (unpaired) electrons. The first-order chi connectivity index (χ1) is 9.74. The number of thiophene rings is 1. The Hall–Kier alpha value is -1.40. The number of pyridine rings is 1. The van der Waals surface area contributed by atoms with Gasteiger partial charge in [-0.05, 0) is 18.4 Å². The van der Waals surface area contributed by atoms with Gasteiger partial charge in [-0.1, -0.05) is 24.3 Å². The molecule has 0 N–H and O–H groups in total. The molecular weight excluding hydrogens is 293 g/mol. The first kappa shape index (κ1) is 14.5. The van der Waals surface area contributed by atoms with Crippen LogP contribution in [0.2, 0.25) is 0 Å². The Balaban J connectivity index is 0.00000132. The fraction of sp³-hybridized carbons (Fsp3) is 0.0667. The molecule has 0 saturated heterocycles. The molecule has 0 amide bonds. The molecule has 0 atom stereocenters. The normalized spacial score (nSPS) is 10.9. The van der Waals surface area contributed by atoms with Crippen LogP contribution >= 0.6 is 11.3 Å². The van der Waals surface area contributed by atoms with Crippen LogP contribution in [-0.4, -0.2) is 9.78 Å². The van der Waals surface area contributed by atoms with Gasteiger partial charge in [-0.25, -0.2) is 0 Å². The Morgan fingerprint density at radius 2 is 2.10 bits per heavy atom. The summed E-state index contributed by atoms with van der Waals surface area (Å²) < 4.78 is 1.46. The Morgan fingerprint density at radius 3 is 2.86 bits per heavy atom. The van der Waals surface area contributed by atoms with E-state index in [2.05, 4.69) is 10.1 Å². The van der Waals surface area contributed by atoms with E-state index in [1.54, 1.807) is 17.5 Å². The second-order valence-corrected chi connectivity index (χ2v) is 5.79. The van der Waals surface area contributed by atoms with Crippen LogP contribution in [0.5, 0.6) is 0 Å². The van der Waals surface area contributed by atoms with Gasteiger partial charge in [-0.15, -0.1) is 16.9 Å². The number of aryl methyl sites for hydroxylation is 1. The summed E-state index contributed by atoms with van der Waals surface area (Å²) in [5, 5.41) is 7.35. The van der Waals surface area contributed by atoms with Gasteiger partial charge in [0.25, 0.3) is 5.56 Å². The summed E-state index contributed by atoms with van der Waals surface area (Å²) in [5.74, 6) is 0. The number of aromatic nitrogens is 3. The molecule has 0 fully saturated rings. The maximum atomic E-state index is 12.4. The third kappa shape index (κ3) is 2.26. The Bertz CT molecular complexity index is 953. The second-order valence-electron chi connectivity index (χ2n) is 4.67. The number of para-hydroxylation sites is 1. The van der Waals surface area contributed by atoms with Crippen molar-refractivity contribution in [3.05, 3.63) is 57.1 Å². The number of rotatable bonds is 1. The number of hydrogen-bond donors (Lipinski definition) is 0. The van der Waals surface area contributed by atoms with Crippen molar-refractivity contribution in [1.29, 1.82) is 0 Å². The van der Waals surface area contributed by atoms with E-state index in [1.807, 2.05) is 42.6 Å². The number of nitrogens with zero attached hydrogens (tertiary/aromatic N) is 3. The summed E-state index contributed by atoms with van der Waals surface area (Å²) in [6.45, 7) is 2.01. The van der Waals surface area contributed by atoms with Gasteiger partial charge in [0.05, 0.1) is 5.69 Å². The van der Waals surface area contributed by atoms with Gasteiger partial charge in [0, 0.05) is 15.8 Å². The maximum absolute atomic E-state index is 12.4. The molecule has 2 aromatic rings. The quantitative estimate of drug-likeness (QED) is 0.459. The Kier molecular flexibility index (Phi) is 3.75. The molecule has 3 heterocycles.